The van der Waals surface area contributed by atoms with Crippen molar-refractivity contribution in [2.75, 3.05) is 0 Å². The van der Waals surface area contributed by atoms with Gasteiger partial charge in [-0.05, 0) is 23.8 Å². The fourth-order valence-corrected chi connectivity index (χ4v) is 2.55. The Hall–Kier alpha value is -3.28. The summed E-state index contributed by atoms with van der Waals surface area (Å²) in [6.07, 6.45) is 3.39. The van der Waals surface area contributed by atoms with Gasteiger partial charge in [0, 0.05) is 17.8 Å². The first-order chi connectivity index (χ1) is 11.3. The topological polar surface area (TPSA) is 73.8 Å². The van der Waals surface area contributed by atoms with Gasteiger partial charge in [-0.2, -0.15) is 0 Å². The quantitative estimate of drug-likeness (QED) is 0.581. The molecule has 0 N–H and O–H groups in total. The summed E-state index contributed by atoms with van der Waals surface area (Å²) in [7, 11) is 0. The smallest absolute Gasteiger partial charge is 0.295 e. The molecule has 0 fully saturated rings. The van der Waals surface area contributed by atoms with Gasteiger partial charge in [0.1, 0.15) is 5.69 Å². The number of nitrogens with zero attached hydrogens (tertiary/aromatic N) is 4. The van der Waals surface area contributed by atoms with E-state index >= 15 is 0 Å². The monoisotopic (exact) mass is 304 g/mol. The van der Waals surface area contributed by atoms with Crippen LogP contribution in [0.4, 0.5) is 0 Å². The van der Waals surface area contributed by atoms with Crippen molar-refractivity contribution >= 4 is 10.9 Å². The van der Waals surface area contributed by atoms with E-state index in [1.165, 1.54) is 4.57 Å². The Kier molecular flexibility index (Phi) is 3.20. The molecule has 6 nitrogen and oxygen atoms in total. The van der Waals surface area contributed by atoms with Gasteiger partial charge in [0.15, 0.2) is 0 Å². The molecule has 112 valence electrons. The summed E-state index contributed by atoms with van der Waals surface area (Å²) in [5.74, 6) is -0.109. The van der Waals surface area contributed by atoms with Crippen molar-refractivity contribution < 1.29 is 4.52 Å². The highest BCUT2D eigenvalue weighted by molar-refractivity contribution is 5.81. The predicted octanol–water partition coefficient (Wildman–Crippen LogP) is 2.49. The lowest BCUT2D eigenvalue weighted by Crippen LogP contribution is -2.17. The van der Waals surface area contributed by atoms with Crippen LogP contribution >= 0.6 is 0 Å². The van der Waals surface area contributed by atoms with Crippen molar-refractivity contribution in [2.24, 2.45) is 0 Å². The van der Waals surface area contributed by atoms with Crippen molar-refractivity contribution in [3.63, 3.8) is 0 Å². The minimum Gasteiger partial charge on any atom is -0.295 e. The molecule has 0 saturated heterocycles. The summed E-state index contributed by atoms with van der Waals surface area (Å²) >= 11 is 0. The second kappa shape index (κ2) is 5.49. The van der Waals surface area contributed by atoms with E-state index in [0.29, 0.717) is 18.1 Å². The van der Waals surface area contributed by atoms with Crippen molar-refractivity contribution in [1.29, 1.82) is 0 Å². The molecular formula is C17H12N4O2. The van der Waals surface area contributed by atoms with Crippen LogP contribution in [-0.2, 0) is 6.54 Å². The molecule has 0 spiro atoms. The highest BCUT2D eigenvalue weighted by Crippen LogP contribution is 2.19. The number of rotatable bonds is 3. The fourth-order valence-electron chi connectivity index (χ4n) is 2.55. The zero-order chi connectivity index (χ0) is 15.6. The molecule has 3 aromatic heterocycles. The average molecular weight is 304 g/mol. The van der Waals surface area contributed by atoms with Gasteiger partial charge in [-0.1, -0.05) is 35.5 Å². The van der Waals surface area contributed by atoms with E-state index < -0.39 is 5.76 Å². The first kappa shape index (κ1) is 13.4. The first-order valence-electron chi connectivity index (χ1n) is 7.13. The summed E-state index contributed by atoms with van der Waals surface area (Å²) in [5, 5.41) is 4.88. The number of benzene rings is 1. The summed E-state index contributed by atoms with van der Waals surface area (Å²) in [5.41, 5.74) is 2.37. The van der Waals surface area contributed by atoms with Gasteiger partial charge < -0.3 is 0 Å². The predicted molar refractivity (Wildman–Crippen MR) is 84.8 cm³/mol. The molecule has 23 heavy (non-hydrogen) atoms. The van der Waals surface area contributed by atoms with Crippen molar-refractivity contribution in [2.45, 2.75) is 6.54 Å². The molecule has 4 rings (SSSR count). The number of pyridine rings is 2. The van der Waals surface area contributed by atoms with Crippen LogP contribution in [0.3, 0.4) is 0 Å². The Morgan fingerprint density at radius 3 is 2.70 bits per heavy atom. The molecule has 0 aliphatic carbocycles. The Morgan fingerprint density at radius 2 is 1.83 bits per heavy atom. The highest BCUT2D eigenvalue weighted by Gasteiger charge is 2.15. The molecule has 4 aromatic rings. The molecule has 0 bridgehead atoms. The van der Waals surface area contributed by atoms with Gasteiger partial charge in [-0.25, -0.2) is 4.79 Å². The van der Waals surface area contributed by atoms with E-state index in [0.717, 1.165) is 16.5 Å². The third-order valence-electron chi connectivity index (χ3n) is 3.62. The average Bonchev–Trinajstić information content (AvgIpc) is 2.97. The van der Waals surface area contributed by atoms with Gasteiger partial charge in [0.05, 0.1) is 12.1 Å². The molecule has 0 aliphatic rings. The fraction of sp³-hybridized carbons (Fsp3) is 0.0588. The Bertz CT molecular complexity index is 1020. The SMILES string of the molecule is O=c1onc(-c2ccccn2)n1Cc1cccc2cccnc12. The van der Waals surface area contributed by atoms with Crippen molar-refractivity contribution in [3.05, 3.63) is 77.0 Å². The van der Waals surface area contributed by atoms with Gasteiger partial charge in [-0.15, -0.1) is 0 Å². The van der Waals surface area contributed by atoms with Crippen LogP contribution in [0.5, 0.6) is 0 Å². The van der Waals surface area contributed by atoms with Gasteiger partial charge in [0.25, 0.3) is 0 Å². The van der Waals surface area contributed by atoms with E-state index in [9.17, 15) is 4.79 Å². The molecule has 0 saturated carbocycles. The summed E-state index contributed by atoms with van der Waals surface area (Å²) in [4.78, 5) is 20.7. The second-order valence-electron chi connectivity index (χ2n) is 5.07. The van der Waals surface area contributed by atoms with Crippen molar-refractivity contribution in [3.8, 4) is 11.5 Å². The highest BCUT2D eigenvalue weighted by atomic mass is 16.5. The number of aromatic nitrogens is 4. The van der Waals surface area contributed by atoms with Crippen LogP contribution in [0.25, 0.3) is 22.4 Å². The van der Waals surface area contributed by atoms with Crippen LogP contribution in [0.1, 0.15) is 5.56 Å². The van der Waals surface area contributed by atoms with Gasteiger partial charge in [0.2, 0.25) is 5.82 Å². The van der Waals surface area contributed by atoms with E-state index in [2.05, 4.69) is 15.1 Å². The Balaban J connectivity index is 1.83. The lowest BCUT2D eigenvalue weighted by atomic mass is 10.1. The summed E-state index contributed by atoms with van der Waals surface area (Å²) < 4.78 is 6.30. The molecule has 0 amide bonds. The van der Waals surface area contributed by atoms with E-state index in [-0.39, 0.29) is 0 Å². The van der Waals surface area contributed by atoms with E-state index in [4.69, 9.17) is 4.52 Å². The molecular weight excluding hydrogens is 292 g/mol. The van der Waals surface area contributed by atoms with Gasteiger partial charge in [-0.3, -0.25) is 19.1 Å². The minimum absolute atomic E-state index is 0.322. The van der Waals surface area contributed by atoms with Crippen LogP contribution in [0.15, 0.2) is 70.2 Å². The third-order valence-corrected chi connectivity index (χ3v) is 3.62. The zero-order valence-electron chi connectivity index (χ0n) is 12.1. The first-order valence-corrected chi connectivity index (χ1v) is 7.13. The molecule has 0 unspecified atom stereocenters. The van der Waals surface area contributed by atoms with Crippen LogP contribution < -0.4 is 5.76 Å². The molecule has 0 atom stereocenters. The molecule has 1 aromatic carbocycles. The van der Waals surface area contributed by atoms with Crippen LogP contribution in [-0.4, -0.2) is 19.7 Å². The van der Waals surface area contributed by atoms with Gasteiger partial charge >= 0.3 is 5.76 Å². The molecule has 3 heterocycles. The van der Waals surface area contributed by atoms with Crippen LogP contribution in [0, 0.1) is 0 Å². The lowest BCUT2D eigenvalue weighted by Gasteiger charge is -2.07. The maximum Gasteiger partial charge on any atom is 0.442 e. The van der Waals surface area contributed by atoms with Crippen LogP contribution in [0.2, 0.25) is 0 Å². The van der Waals surface area contributed by atoms with Crippen molar-refractivity contribution in [1.82, 2.24) is 19.7 Å². The second-order valence-corrected chi connectivity index (χ2v) is 5.07. The maximum atomic E-state index is 12.0. The Labute approximate surface area is 131 Å². The van der Waals surface area contributed by atoms with E-state index in [1.807, 2.05) is 36.4 Å². The number of para-hydroxylation sites is 1. The third kappa shape index (κ3) is 2.40. The normalized spacial score (nSPS) is 11.0. The lowest BCUT2D eigenvalue weighted by molar-refractivity contribution is 0.378. The zero-order valence-corrected chi connectivity index (χ0v) is 12.1. The standard InChI is InChI=1S/C17H12N4O2/c22-17-21(16(20-23-17)14-8-1-2-9-18-14)11-13-6-3-5-12-7-4-10-19-15(12)13/h1-10H,11H2. The number of fused-ring (bicyclic) bond motifs is 1. The molecule has 0 aliphatic heterocycles. The number of hydrogen-bond acceptors (Lipinski definition) is 5. The molecule has 0 radical (unpaired) electrons. The molecule has 6 heteroatoms. The largest absolute Gasteiger partial charge is 0.442 e. The Morgan fingerprint density at radius 1 is 0.957 bits per heavy atom. The maximum absolute atomic E-state index is 12.0. The summed E-state index contributed by atoms with van der Waals surface area (Å²) in [6, 6.07) is 15.2. The van der Waals surface area contributed by atoms with E-state index in [1.54, 1.807) is 24.5 Å². The number of hydrogen-bond donors (Lipinski definition) is 0. The summed E-state index contributed by atoms with van der Waals surface area (Å²) in [6.45, 7) is 0.322. The minimum atomic E-state index is -0.515.